The van der Waals surface area contributed by atoms with E-state index >= 15 is 0 Å². The van der Waals surface area contributed by atoms with Crippen molar-refractivity contribution < 1.29 is 0 Å². The van der Waals surface area contributed by atoms with Crippen LogP contribution in [0.4, 0.5) is 0 Å². The van der Waals surface area contributed by atoms with E-state index in [1.165, 1.54) is 61.2 Å². The molecule has 1 aromatic rings. The van der Waals surface area contributed by atoms with Gasteiger partial charge < -0.3 is 0 Å². The van der Waals surface area contributed by atoms with E-state index < -0.39 is 0 Å². The summed E-state index contributed by atoms with van der Waals surface area (Å²) < 4.78 is 1.37. The molecule has 1 heteroatoms. The van der Waals surface area contributed by atoms with E-state index in [0.29, 0.717) is 0 Å². The molecule has 0 nitrogen and oxygen atoms in total. The molecule has 1 fully saturated rings. The van der Waals surface area contributed by atoms with Crippen molar-refractivity contribution in [3.8, 4) is 0 Å². The molecule has 1 aliphatic rings. The van der Waals surface area contributed by atoms with Crippen molar-refractivity contribution in [2.45, 2.75) is 58.3 Å². The van der Waals surface area contributed by atoms with Crippen LogP contribution < -0.4 is 4.24 Å². The third-order valence-electron chi connectivity index (χ3n) is 4.63. The fourth-order valence-electron chi connectivity index (χ4n) is 3.34. The molecule has 94 valence electrons. The maximum atomic E-state index is 2.32. The molecule has 0 unspecified atom stereocenters. The Bertz CT molecular complexity index is 333. The van der Waals surface area contributed by atoms with Crippen molar-refractivity contribution in [3.05, 3.63) is 29.8 Å². The molecule has 0 N–H and O–H groups in total. The normalized spacial score (nSPS) is 24.2. The Morgan fingerprint density at radius 3 is 2.06 bits per heavy atom. The van der Waals surface area contributed by atoms with Crippen LogP contribution in [0.3, 0.4) is 0 Å². The van der Waals surface area contributed by atoms with Crippen LogP contribution in [-0.2, 0) is 6.42 Å². The first-order valence-corrected chi connectivity index (χ1v) is 7.83. The Morgan fingerprint density at radius 2 is 1.50 bits per heavy atom. The first kappa shape index (κ1) is 14.2. The number of benzene rings is 1. The quantitative estimate of drug-likeness (QED) is 0.677. The zero-order valence-corrected chi connectivity index (χ0v) is 12.1. The second kappa shape index (κ2) is 7.42. The predicted octanol–water partition coefficient (Wildman–Crippen LogP) is 4.02. The number of hydrogen-bond donors (Lipinski definition) is 0. The summed E-state index contributed by atoms with van der Waals surface area (Å²) in [4.78, 5) is 0. The van der Waals surface area contributed by atoms with Gasteiger partial charge in [-0.3, -0.25) is 0 Å². The molecule has 0 heterocycles. The Labute approximate surface area is 122 Å². The van der Waals surface area contributed by atoms with Crippen molar-refractivity contribution in [1.82, 2.24) is 0 Å². The molecule has 0 amide bonds. The Hall–Kier alpha value is -0.183. The average molecular weight is 236 g/mol. The summed E-state index contributed by atoms with van der Waals surface area (Å²) in [6.45, 7) is 2.32. The Morgan fingerprint density at radius 1 is 0.944 bits per heavy atom. The Balaban J connectivity index is 1.70. The number of hydrogen-bond acceptors (Lipinski definition) is 0. The molecule has 1 aliphatic carbocycles. The van der Waals surface area contributed by atoms with Gasteiger partial charge in [0.05, 0.1) is 0 Å². The van der Waals surface area contributed by atoms with E-state index in [1.807, 2.05) is 0 Å². The summed E-state index contributed by atoms with van der Waals surface area (Å²) in [5.74, 6) is 2.05. The summed E-state index contributed by atoms with van der Waals surface area (Å²) in [7, 11) is 0. The Kier molecular flexibility index (Phi) is 5.86. The van der Waals surface area contributed by atoms with Gasteiger partial charge in [0.2, 0.25) is 0 Å². The minimum absolute atomic E-state index is 0.999. The van der Waals surface area contributed by atoms with Crippen LogP contribution in [-0.4, -0.2) is 17.7 Å². The van der Waals surface area contributed by atoms with Gasteiger partial charge in [-0.25, -0.2) is 0 Å². The van der Waals surface area contributed by atoms with E-state index in [1.54, 1.807) is 0 Å². The summed E-state index contributed by atoms with van der Waals surface area (Å²) in [5.41, 5.74) is 1.52. The van der Waals surface area contributed by atoms with Crippen LogP contribution in [0.5, 0.6) is 0 Å². The monoisotopic (exact) mass is 236 g/mol. The van der Waals surface area contributed by atoms with Crippen LogP contribution in [0.2, 0.25) is 0 Å². The first-order chi connectivity index (χ1) is 8.78. The number of rotatable bonds is 5. The molecule has 0 atom stereocenters. The molecule has 0 saturated heterocycles. The summed E-state index contributed by atoms with van der Waals surface area (Å²) in [6, 6.07) is 9.09. The van der Waals surface area contributed by atoms with E-state index in [0.717, 1.165) is 11.8 Å². The van der Waals surface area contributed by atoms with Crippen molar-refractivity contribution in [1.29, 1.82) is 0 Å². The third kappa shape index (κ3) is 4.49. The van der Waals surface area contributed by atoms with Gasteiger partial charge in [-0.2, -0.15) is 0 Å². The van der Waals surface area contributed by atoms with Crippen molar-refractivity contribution >= 4 is 22.0 Å². The molecule has 1 saturated carbocycles. The van der Waals surface area contributed by atoms with E-state index in [2.05, 4.69) is 48.9 Å². The van der Waals surface area contributed by atoms with Crippen LogP contribution in [0, 0.1) is 11.8 Å². The molecule has 0 spiro atoms. The van der Waals surface area contributed by atoms with Gasteiger partial charge in [-0.05, 0) is 0 Å². The fourth-order valence-corrected chi connectivity index (χ4v) is 3.34. The topological polar surface area (TPSA) is 0 Å². The molecular formula is C17H25Li. The second-order valence-corrected chi connectivity index (χ2v) is 6.20. The molecule has 0 aliphatic heterocycles. The molecule has 1 aromatic carbocycles. The van der Waals surface area contributed by atoms with Gasteiger partial charge >= 0.3 is 115 Å². The van der Waals surface area contributed by atoms with Gasteiger partial charge in [0.1, 0.15) is 0 Å². The summed E-state index contributed by atoms with van der Waals surface area (Å²) in [5, 5.41) is 0. The van der Waals surface area contributed by atoms with Gasteiger partial charge in [0.15, 0.2) is 0 Å². The zero-order chi connectivity index (χ0) is 12.8. The van der Waals surface area contributed by atoms with Gasteiger partial charge in [0, 0.05) is 0 Å². The SMILES string of the molecule is [Li][c]1ccc(CCC2CCC(CCC)CC2)cc1. The molecular weight excluding hydrogens is 211 g/mol. The van der Waals surface area contributed by atoms with Crippen LogP contribution in [0.25, 0.3) is 0 Å². The molecule has 0 bridgehead atoms. The van der Waals surface area contributed by atoms with Crippen LogP contribution >= 0.6 is 0 Å². The van der Waals surface area contributed by atoms with Crippen molar-refractivity contribution in [2.24, 2.45) is 11.8 Å². The van der Waals surface area contributed by atoms with Gasteiger partial charge in [-0.1, -0.05) is 6.92 Å². The number of aryl methyl sites for hydroxylation is 1. The zero-order valence-electron chi connectivity index (χ0n) is 12.1. The van der Waals surface area contributed by atoms with Gasteiger partial charge in [0.25, 0.3) is 0 Å². The average Bonchev–Trinajstić information content (AvgIpc) is 2.40. The maximum absolute atomic E-state index is 2.32. The standard InChI is InChI=1S/C17H25.Li/c1-2-6-15-9-12-17(13-10-15)14-11-16-7-4-3-5-8-16;/h4-5,7-8,15,17H,2,6,9-14H2,1H3;. The van der Waals surface area contributed by atoms with E-state index in [-0.39, 0.29) is 0 Å². The molecule has 18 heavy (non-hydrogen) atoms. The predicted molar refractivity (Wildman–Crippen MR) is 80.5 cm³/mol. The van der Waals surface area contributed by atoms with Crippen molar-refractivity contribution in [3.63, 3.8) is 0 Å². The van der Waals surface area contributed by atoms with Crippen LogP contribution in [0.1, 0.15) is 57.4 Å². The van der Waals surface area contributed by atoms with E-state index in [9.17, 15) is 0 Å². The summed E-state index contributed by atoms with van der Waals surface area (Å²) in [6.07, 6.45) is 11.5. The molecule has 2 rings (SSSR count). The summed E-state index contributed by atoms with van der Waals surface area (Å²) >= 11 is 2.17. The fraction of sp³-hybridized carbons (Fsp3) is 0.647. The third-order valence-corrected chi connectivity index (χ3v) is 4.63. The first-order valence-electron chi connectivity index (χ1n) is 7.83. The van der Waals surface area contributed by atoms with Crippen molar-refractivity contribution in [2.75, 3.05) is 0 Å². The molecule has 0 radical (unpaired) electrons. The van der Waals surface area contributed by atoms with E-state index in [4.69, 9.17) is 0 Å². The molecule has 0 aromatic heterocycles. The van der Waals surface area contributed by atoms with Crippen LogP contribution in [0.15, 0.2) is 24.3 Å². The van der Waals surface area contributed by atoms with Gasteiger partial charge in [-0.15, -0.1) is 0 Å². The second-order valence-electron chi connectivity index (χ2n) is 6.20. The minimum atomic E-state index is 0.999.